The predicted octanol–water partition coefficient (Wildman–Crippen LogP) is 0.662. The van der Waals surface area contributed by atoms with Crippen molar-refractivity contribution < 1.29 is 14.3 Å². The summed E-state index contributed by atoms with van der Waals surface area (Å²) in [4.78, 5) is 13.3. The van der Waals surface area contributed by atoms with Crippen LogP contribution in [0.3, 0.4) is 0 Å². The molecule has 1 fully saturated rings. The van der Waals surface area contributed by atoms with Crippen molar-refractivity contribution in [1.29, 1.82) is 0 Å². The molecule has 0 unspecified atom stereocenters. The molecule has 1 aliphatic heterocycles. The number of rotatable bonds is 5. The Labute approximate surface area is 85.2 Å². The third-order valence-corrected chi connectivity index (χ3v) is 2.22. The molecule has 1 rings (SSSR count). The van der Waals surface area contributed by atoms with Crippen LogP contribution >= 0.6 is 0 Å². The van der Waals surface area contributed by atoms with Crippen molar-refractivity contribution in [2.75, 3.05) is 39.5 Å². The normalized spacial score (nSPS) is 18.1. The summed E-state index contributed by atoms with van der Waals surface area (Å²) in [6.45, 7) is 6.17. The van der Waals surface area contributed by atoms with Gasteiger partial charge >= 0.3 is 5.97 Å². The summed E-state index contributed by atoms with van der Waals surface area (Å²) in [7, 11) is 0. The van der Waals surface area contributed by atoms with Crippen LogP contribution in [0.25, 0.3) is 0 Å². The lowest BCUT2D eigenvalue weighted by Gasteiger charge is -2.25. The van der Waals surface area contributed by atoms with Crippen LogP contribution in [-0.4, -0.2) is 50.3 Å². The summed E-state index contributed by atoms with van der Waals surface area (Å²) < 4.78 is 10.2. The van der Waals surface area contributed by atoms with Gasteiger partial charge in [0.15, 0.2) is 0 Å². The second-order valence-electron chi connectivity index (χ2n) is 3.46. The Bertz CT molecular complexity index is 167. The molecule has 4 heteroatoms. The van der Waals surface area contributed by atoms with E-state index in [-0.39, 0.29) is 5.97 Å². The van der Waals surface area contributed by atoms with Gasteiger partial charge in [-0.3, -0.25) is 9.69 Å². The summed E-state index contributed by atoms with van der Waals surface area (Å²) in [5.74, 6) is -0.111. The summed E-state index contributed by atoms with van der Waals surface area (Å²) in [5.41, 5.74) is 0. The van der Waals surface area contributed by atoms with Crippen molar-refractivity contribution in [2.45, 2.75) is 19.8 Å². The molecule has 0 atom stereocenters. The second-order valence-corrected chi connectivity index (χ2v) is 3.46. The lowest BCUT2D eigenvalue weighted by molar-refractivity contribution is -0.146. The number of carbonyl (C=O) groups is 1. The van der Waals surface area contributed by atoms with Gasteiger partial charge in [-0.15, -0.1) is 0 Å². The molecule has 4 nitrogen and oxygen atoms in total. The molecule has 0 saturated carbocycles. The number of ether oxygens (including phenoxy) is 2. The first-order valence-corrected chi connectivity index (χ1v) is 5.28. The lowest BCUT2D eigenvalue weighted by atomic mass is 10.4. The van der Waals surface area contributed by atoms with Gasteiger partial charge in [0.25, 0.3) is 0 Å². The molecule has 14 heavy (non-hydrogen) atoms. The minimum atomic E-state index is -0.111. The first kappa shape index (κ1) is 11.5. The smallest absolute Gasteiger partial charge is 0.320 e. The van der Waals surface area contributed by atoms with Crippen molar-refractivity contribution in [3.63, 3.8) is 0 Å². The summed E-state index contributed by atoms with van der Waals surface area (Å²) >= 11 is 0. The van der Waals surface area contributed by atoms with E-state index < -0.39 is 0 Å². The van der Waals surface area contributed by atoms with E-state index in [1.165, 1.54) is 0 Å². The molecule has 1 aliphatic rings. The number of morpholine rings is 1. The highest BCUT2D eigenvalue weighted by Crippen LogP contribution is 1.97. The monoisotopic (exact) mass is 201 g/mol. The zero-order valence-electron chi connectivity index (χ0n) is 8.83. The first-order valence-electron chi connectivity index (χ1n) is 5.28. The Hall–Kier alpha value is -0.610. The van der Waals surface area contributed by atoms with Gasteiger partial charge in [0.1, 0.15) is 0 Å². The molecule has 0 aliphatic carbocycles. The van der Waals surface area contributed by atoms with Gasteiger partial charge in [0, 0.05) is 13.1 Å². The van der Waals surface area contributed by atoms with Crippen molar-refractivity contribution in [1.82, 2.24) is 4.90 Å². The van der Waals surface area contributed by atoms with Crippen LogP contribution in [0.5, 0.6) is 0 Å². The number of hydrogen-bond acceptors (Lipinski definition) is 4. The molecule has 0 aromatic carbocycles. The highest BCUT2D eigenvalue weighted by molar-refractivity contribution is 5.71. The number of esters is 1. The van der Waals surface area contributed by atoms with Gasteiger partial charge in [0.05, 0.1) is 26.4 Å². The summed E-state index contributed by atoms with van der Waals surface area (Å²) in [5, 5.41) is 0. The van der Waals surface area contributed by atoms with Crippen LogP contribution in [0.1, 0.15) is 19.8 Å². The topological polar surface area (TPSA) is 38.8 Å². The average Bonchev–Trinajstić information content (AvgIpc) is 2.20. The van der Waals surface area contributed by atoms with Crippen LogP contribution in [-0.2, 0) is 14.3 Å². The molecule has 0 spiro atoms. The van der Waals surface area contributed by atoms with Gasteiger partial charge < -0.3 is 9.47 Å². The lowest BCUT2D eigenvalue weighted by Crippen LogP contribution is -2.40. The highest BCUT2D eigenvalue weighted by atomic mass is 16.5. The third-order valence-electron chi connectivity index (χ3n) is 2.22. The zero-order valence-corrected chi connectivity index (χ0v) is 8.83. The fourth-order valence-electron chi connectivity index (χ4n) is 1.32. The highest BCUT2D eigenvalue weighted by Gasteiger charge is 2.14. The standard InChI is InChI=1S/C10H19NO3/c1-2-3-6-14-10(12)9-11-4-7-13-8-5-11/h2-9H2,1H3. The van der Waals surface area contributed by atoms with Crippen LogP contribution in [0, 0.1) is 0 Å². The van der Waals surface area contributed by atoms with Gasteiger partial charge in [-0.2, -0.15) is 0 Å². The van der Waals surface area contributed by atoms with E-state index in [0.717, 1.165) is 39.1 Å². The zero-order chi connectivity index (χ0) is 10.2. The third kappa shape index (κ3) is 4.58. The van der Waals surface area contributed by atoms with Gasteiger partial charge in [0.2, 0.25) is 0 Å². The number of hydrogen-bond donors (Lipinski definition) is 0. The van der Waals surface area contributed by atoms with Crippen molar-refractivity contribution in [3.8, 4) is 0 Å². The maximum Gasteiger partial charge on any atom is 0.320 e. The number of unbranched alkanes of at least 4 members (excludes halogenated alkanes) is 1. The molecule has 0 bridgehead atoms. The molecule has 0 aromatic rings. The largest absolute Gasteiger partial charge is 0.465 e. The summed E-state index contributed by atoms with van der Waals surface area (Å²) in [6, 6.07) is 0. The predicted molar refractivity (Wildman–Crippen MR) is 53.1 cm³/mol. The molecular weight excluding hydrogens is 182 g/mol. The molecule has 0 radical (unpaired) electrons. The quantitative estimate of drug-likeness (QED) is 0.484. The average molecular weight is 201 g/mol. The van der Waals surface area contributed by atoms with E-state index in [0.29, 0.717) is 13.2 Å². The van der Waals surface area contributed by atoms with E-state index in [1.54, 1.807) is 0 Å². The molecule has 0 amide bonds. The number of nitrogens with zero attached hydrogens (tertiary/aromatic N) is 1. The molecule has 0 aromatic heterocycles. The maximum atomic E-state index is 11.3. The minimum absolute atomic E-state index is 0.111. The Morgan fingerprint density at radius 3 is 2.79 bits per heavy atom. The van der Waals surface area contributed by atoms with Crippen molar-refractivity contribution in [2.24, 2.45) is 0 Å². The van der Waals surface area contributed by atoms with Crippen LogP contribution in [0.2, 0.25) is 0 Å². The van der Waals surface area contributed by atoms with Crippen LogP contribution in [0.15, 0.2) is 0 Å². The van der Waals surface area contributed by atoms with Gasteiger partial charge in [-0.05, 0) is 6.42 Å². The van der Waals surface area contributed by atoms with E-state index >= 15 is 0 Å². The van der Waals surface area contributed by atoms with Crippen LogP contribution in [0.4, 0.5) is 0 Å². The SMILES string of the molecule is CCCCOC(=O)CN1CCOCC1. The fraction of sp³-hybridized carbons (Fsp3) is 0.900. The molecule has 1 saturated heterocycles. The van der Waals surface area contributed by atoms with E-state index in [9.17, 15) is 4.79 Å². The van der Waals surface area contributed by atoms with E-state index in [2.05, 4.69) is 11.8 Å². The Balaban J connectivity index is 2.06. The van der Waals surface area contributed by atoms with Crippen molar-refractivity contribution in [3.05, 3.63) is 0 Å². The molecule has 0 N–H and O–H groups in total. The molecular formula is C10H19NO3. The van der Waals surface area contributed by atoms with Crippen molar-refractivity contribution >= 4 is 5.97 Å². The van der Waals surface area contributed by atoms with Crippen LogP contribution < -0.4 is 0 Å². The molecule has 82 valence electrons. The first-order chi connectivity index (χ1) is 6.83. The Morgan fingerprint density at radius 1 is 1.43 bits per heavy atom. The van der Waals surface area contributed by atoms with E-state index in [4.69, 9.17) is 9.47 Å². The Morgan fingerprint density at radius 2 is 2.14 bits per heavy atom. The maximum absolute atomic E-state index is 11.3. The fourth-order valence-corrected chi connectivity index (χ4v) is 1.32. The number of carbonyl (C=O) groups excluding carboxylic acids is 1. The molecule has 1 heterocycles. The van der Waals surface area contributed by atoms with E-state index in [1.807, 2.05) is 0 Å². The minimum Gasteiger partial charge on any atom is -0.465 e. The van der Waals surface area contributed by atoms with Gasteiger partial charge in [-0.25, -0.2) is 0 Å². The Kier molecular flexibility index (Phi) is 5.56. The van der Waals surface area contributed by atoms with Gasteiger partial charge in [-0.1, -0.05) is 13.3 Å². The second kappa shape index (κ2) is 6.79. The summed E-state index contributed by atoms with van der Waals surface area (Å²) in [6.07, 6.45) is 2.01.